The number of fused-ring (bicyclic) bond motifs is 1. The van der Waals surface area contributed by atoms with Gasteiger partial charge in [-0.3, -0.25) is 0 Å². The highest BCUT2D eigenvalue weighted by Gasteiger charge is 2.06. The van der Waals surface area contributed by atoms with E-state index in [1.165, 1.54) is 11.3 Å². The average molecular weight is 224 g/mol. The Morgan fingerprint density at radius 2 is 2.21 bits per heavy atom. The summed E-state index contributed by atoms with van der Waals surface area (Å²) in [6.07, 6.45) is 0. The second-order valence-corrected chi connectivity index (χ2v) is 4.20. The lowest BCUT2D eigenvalue weighted by Gasteiger charge is -1.93. The van der Waals surface area contributed by atoms with Gasteiger partial charge in [-0.15, -0.1) is 0 Å². The molecule has 70 valence electrons. The molecule has 0 N–H and O–H groups in total. The van der Waals surface area contributed by atoms with Crippen LogP contribution in [0.3, 0.4) is 0 Å². The van der Waals surface area contributed by atoms with Crippen LogP contribution in [0, 0.1) is 11.3 Å². The van der Waals surface area contributed by atoms with Crippen molar-refractivity contribution < 1.29 is 4.74 Å². The number of hydrogen-bond donors (Lipinski definition) is 0. The van der Waals surface area contributed by atoms with Crippen molar-refractivity contribution in [3.05, 3.63) is 28.8 Å². The molecule has 1 aromatic carbocycles. The van der Waals surface area contributed by atoms with E-state index in [1.54, 1.807) is 19.2 Å². The van der Waals surface area contributed by atoms with Crippen LogP contribution in [0.1, 0.15) is 5.56 Å². The number of nitriles is 1. The van der Waals surface area contributed by atoms with Crippen LogP contribution >= 0.6 is 22.9 Å². The zero-order chi connectivity index (χ0) is 10.1. The van der Waals surface area contributed by atoms with Crippen molar-refractivity contribution >= 4 is 33.0 Å². The van der Waals surface area contributed by atoms with Crippen LogP contribution in [0.2, 0.25) is 5.02 Å². The molecule has 0 fully saturated rings. The second kappa shape index (κ2) is 3.49. The van der Waals surface area contributed by atoms with E-state index in [9.17, 15) is 0 Å². The molecule has 1 heterocycles. The first-order chi connectivity index (χ1) is 6.74. The molecule has 0 spiro atoms. The normalized spacial score (nSPS) is 10.1. The van der Waals surface area contributed by atoms with Gasteiger partial charge in [0.25, 0.3) is 0 Å². The number of nitrogens with zero attached hydrogens (tertiary/aromatic N) is 1. The van der Waals surface area contributed by atoms with Crippen LogP contribution in [0.15, 0.2) is 18.2 Å². The Morgan fingerprint density at radius 1 is 1.43 bits per heavy atom. The number of methoxy groups -OCH3 is 1. The van der Waals surface area contributed by atoms with Gasteiger partial charge in [0.15, 0.2) is 5.06 Å². The molecule has 0 atom stereocenters. The van der Waals surface area contributed by atoms with E-state index in [2.05, 4.69) is 0 Å². The molecular formula is C10H6ClNOS. The van der Waals surface area contributed by atoms with E-state index >= 15 is 0 Å². The molecule has 2 aromatic rings. The molecule has 0 saturated heterocycles. The third kappa shape index (κ3) is 1.43. The van der Waals surface area contributed by atoms with Crippen molar-refractivity contribution in [3.8, 4) is 11.1 Å². The van der Waals surface area contributed by atoms with Crippen LogP contribution in [0.5, 0.6) is 5.06 Å². The van der Waals surface area contributed by atoms with Crippen molar-refractivity contribution in [2.45, 2.75) is 0 Å². The van der Waals surface area contributed by atoms with Gasteiger partial charge < -0.3 is 4.74 Å². The Morgan fingerprint density at radius 3 is 2.86 bits per heavy atom. The first kappa shape index (κ1) is 9.32. The molecule has 1 aromatic heterocycles. The molecule has 4 heteroatoms. The van der Waals surface area contributed by atoms with Gasteiger partial charge in [0.2, 0.25) is 0 Å². The SMILES string of the molecule is COc1cc2cc(C#N)c(Cl)cc2s1. The maximum Gasteiger partial charge on any atom is 0.174 e. The van der Waals surface area contributed by atoms with Crippen LogP contribution in [0.4, 0.5) is 0 Å². The summed E-state index contributed by atoms with van der Waals surface area (Å²) in [5.41, 5.74) is 0.500. The fraction of sp³-hybridized carbons (Fsp3) is 0.100. The van der Waals surface area contributed by atoms with Crippen molar-refractivity contribution in [1.82, 2.24) is 0 Å². The maximum absolute atomic E-state index is 8.78. The summed E-state index contributed by atoms with van der Waals surface area (Å²) < 4.78 is 6.14. The highest BCUT2D eigenvalue weighted by Crippen LogP contribution is 2.34. The minimum Gasteiger partial charge on any atom is -0.487 e. The Labute approximate surface area is 90.3 Å². The summed E-state index contributed by atoms with van der Waals surface area (Å²) in [6.45, 7) is 0. The van der Waals surface area contributed by atoms with E-state index in [-0.39, 0.29) is 0 Å². The molecule has 0 bridgehead atoms. The number of hydrogen-bond acceptors (Lipinski definition) is 3. The number of halogens is 1. The molecule has 0 saturated carbocycles. The minimum atomic E-state index is 0.490. The fourth-order valence-corrected chi connectivity index (χ4v) is 2.39. The summed E-state index contributed by atoms with van der Waals surface area (Å²) in [4.78, 5) is 0. The first-order valence-corrected chi connectivity index (χ1v) is 5.11. The predicted octanol–water partition coefficient (Wildman–Crippen LogP) is 3.43. The van der Waals surface area contributed by atoms with Gasteiger partial charge in [-0.05, 0) is 23.6 Å². The van der Waals surface area contributed by atoms with Crippen molar-refractivity contribution in [1.29, 1.82) is 5.26 Å². The fourth-order valence-electron chi connectivity index (χ4n) is 1.22. The van der Waals surface area contributed by atoms with Crippen LogP contribution < -0.4 is 4.74 Å². The third-order valence-electron chi connectivity index (χ3n) is 1.91. The highest BCUT2D eigenvalue weighted by molar-refractivity contribution is 7.20. The Kier molecular flexibility index (Phi) is 2.32. The van der Waals surface area contributed by atoms with E-state index in [0.29, 0.717) is 10.6 Å². The number of benzene rings is 1. The maximum atomic E-state index is 8.78. The monoisotopic (exact) mass is 223 g/mol. The molecule has 0 aliphatic heterocycles. The van der Waals surface area contributed by atoms with E-state index < -0.39 is 0 Å². The number of rotatable bonds is 1. The summed E-state index contributed by atoms with van der Waals surface area (Å²) in [5.74, 6) is 0. The summed E-state index contributed by atoms with van der Waals surface area (Å²) in [6, 6.07) is 7.52. The van der Waals surface area contributed by atoms with Gasteiger partial charge in [-0.2, -0.15) is 5.26 Å². The Balaban J connectivity index is 2.71. The minimum absolute atomic E-state index is 0.490. The van der Waals surface area contributed by atoms with Gasteiger partial charge in [-0.1, -0.05) is 22.9 Å². The van der Waals surface area contributed by atoms with E-state index in [0.717, 1.165) is 15.1 Å². The Bertz CT molecular complexity index is 527. The smallest absolute Gasteiger partial charge is 0.174 e. The summed E-state index contributed by atoms with van der Waals surface area (Å²) in [7, 11) is 1.62. The molecule has 0 aliphatic rings. The zero-order valence-corrected chi connectivity index (χ0v) is 8.95. The van der Waals surface area contributed by atoms with Crippen LogP contribution in [0.25, 0.3) is 10.1 Å². The molecule has 0 radical (unpaired) electrons. The highest BCUT2D eigenvalue weighted by atomic mass is 35.5. The van der Waals surface area contributed by atoms with Crippen molar-refractivity contribution in [2.75, 3.05) is 7.11 Å². The lowest BCUT2D eigenvalue weighted by Crippen LogP contribution is -1.75. The van der Waals surface area contributed by atoms with Gasteiger partial charge in [0.05, 0.1) is 17.7 Å². The quantitative estimate of drug-likeness (QED) is 0.742. The molecule has 0 aliphatic carbocycles. The lowest BCUT2D eigenvalue weighted by molar-refractivity contribution is 0.427. The first-order valence-electron chi connectivity index (χ1n) is 3.92. The third-order valence-corrected chi connectivity index (χ3v) is 3.28. The van der Waals surface area contributed by atoms with E-state index in [4.69, 9.17) is 21.6 Å². The largest absolute Gasteiger partial charge is 0.487 e. The topological polar surface area (TPSA) is 33.0 Å². The zero-order valence-electron chi connectivity index (χ0n) is 7.37. The van der Waals surface area contributed by atoms with Gasteiger partial charge in [0, 0.05) is 4.70 Å². The molecule has 0 unspecified atom stereocenters. The average Bonchev–Trinajstić information content (AvgIpc) is 2.58. The molecular weight excluding hydrogens is 218 g/mol. The summed E-state index contributed by atoms with van der Waals surface area (Å²) >= 11 is 7.41. The number of ether oxygens (including phenoxy) is 1. The van der Waals surface area contributed by atoms with E-state index in [1.807, 2.05) is 12.1 Å². The molecule has 2 nitrogen and oxygen atoms in total. The molecule has 2 rings (SSSR count). The second-order valence-electron chi connectivity index (χ2n) is 2.75. The summed E-state index contributed by atoms with van der Waals surface area (Å²) in [5, 5.41) is 11.1. The lowest BCUT2D eigenvalue weighted by atomic mass is 10.2. The van der Waals surface area contributed by atoms with Gasteiger partial charge in [0.1, 0.15) is 6.07 Å². The molecule has 0 amide bonds. The van der Waals surface area contributed by atoms with Crippen LogP contribution in [-0.2, 0) is 0 Å². The van der Waals surface area contributed by atoms with Crippen LogP contribution in [-0.4, -0.2) is 7.11 Å². The van der Waals surface area contributed by atoms with Crippen molar-refractivity contribution in [3.63, 3.8) is 0 Å². The molecule has 14 heavy (non-hydrogen) atoms. The standard InChI is InChI=1S/C10H6ClNOS/c1-13-10-3-6-2-7(5-12)8(11)4-9(6)14-10/h2-4H,1H3. The Hall–Kier alpha value is -1.24. The van der Waals surface area contributed by atoms with Gasteiger partial charge in [-0.25, -0.2) is 0 Å². The van der Waals surface area contributed by atoms with Gasteiger partial charge >= 0.3 is 0 Å². The predicted molar refractivity (Wildman–Crippen MR) is 58.1 cm³/mol. The number of thiophene rings is 1. The van der Waals surface area contributed by atoms with Crippen molar-refractivity contribution in [2.24, 2.45) is 0 Å².